The van der Waals surface area contributed by atoms with Gasteiger partial charge in [0.2, 0.25) is 5.91 Å². The molecule has 4 nitrogen and oxygen atoms in total. The van der Waals surface area contributed by atoms with E-state index in [1.165, 1.54) is 0 Å². The van der Waals surface area contributed by atoms with Gasteiger partial charge in [-0.2, -0.15) is 0 Å². The van der Waals surface area contributed by atoms with Gasteiger partial charge in [-0.05, 0) is 23.3 Å². The van der Waals surface area contributed by atoms with Crippen LogP contribution in [0.5, 0.6) is 5.75 Å². The van der Waals surface area contributed by atoms with Crippen molar-refractivity contribution >= 4 is 5.91 Å². The molecule has 0 fully saturated rings. The average molecular weight is 270 g/mol. The number of ether oxygens (including phenoxy) is 1. The second kappa shape index (κ2) is 6.73. The number of nitrogens with two attached hydrogens (primary N) is 1. The van der Waals surface area contributed by atoms with E-state index >= 15 is 0 Å². The van der Waals surface area contributed by atoms with Crippen molar-refractivity contribution in [1.82, 2.24) is 5.32 Å². The van der Waals surface area contributed by atoms with Gasteiger partial charge < -0.3 is 10.5 Å². The minimum Gasteiger partial charge on any atom is -0.497 e. The van der Waals surface area contributed by atoms with E-state index in [1.807, 2.05) is 54.6 Å². The van der Waals surface area contributed by atoms with Gasteiger partial charge >= 0.3 is 0 Å². The van der Waals surface area contributed by atoms with Crippen molar-refractivity contribution in [3.05, 3.63) is 65.7 Å². The maximum atomic E-state index is 11.6. The van der Waals surface area contributed by atoms with Crippen molar-refractivity contribution in [2.75, 3.05) is 7.11 Å². The number of rotatable bonds is 6. The van der Waals surface area contributed by atoms with Gasteiger partial charge in [-0.1, -0.05) is 42.5 Å². The first-order valence-electron chi connectivity index (χ1n) is 6.41. The third-order valence-corrected chi connectivity index (χ3v) is 3.06. The average Bonchev–Trinajstić information content (AvgIpc) is 2.48. The molecule has 1 atom stereocenters. The summed E-state index contributed by atoms with van der Waals surface area (Å²) in [6.45, 7) is 0.575. The standard InChI is InChI=1S/C16H18N2O2/c1-20-14-9-5-8-13(10-14)15(16(17)19)18-11-12-6-3-2-4-7-12/h2-10,15,18H,11H2,1H3,(H2,17,19). The van der Waals surface area contributed by atoms with E-state index in [9.17, 15) is 4.79 Å². The molecule has 2 rings (SSSR count). The van der Waals surface area contributed by atoms with E-state index < -0.39 is 11.9 Å². The third-order valence-electron chi connectivity index (χ3n) is 3.06. The lowest BCUT2D eigenvalue weighted by Crippen LogP contribution is -2.33. The highest BCUT2D eigenvalue weighted by Crippen LogP contribution is 2.19. The Bertz CT molecular complexity index is 570. The Balaban J connectivity index is 2.12. The minimum atomic E-state index is -0.537. The third kappa shape index (κ3) is 3.59. The summed E-state index contributed by atoms with van der Waals surface area (Å²) < 4.78 is 5.17. The number of amides is 1. The largest absolute Gasteiger partial charge is 0.497 e. The zero-order chi connectivity index (χ0) is 14.4. The quantitative estimate of drug-likeness (QED) is 0.844. The number of hydrogen-bond acceptors (Lipinski definition) is 3. The van der Waals surface area contributed by atoms with E-state index in [4.69, 9.17) is 10.5 Å². The monoisotopic (exact) mass is 270 g/mol. The number of methoxy groups -OCH3 is 1. The molecule has 4 heteroatoms. The maximum absolute atomic E-state index is 11.6. The van der Waals surface area contributed by atoms with Gasteiger partial charge in [0, 0.05) is 6.54 Å². The van der Waals surface area contributed by atoms with Crippen molar-refractivity contribution in [2.24, 2.45) is 5.73 Å². The van der Waals surface area contributed by atoms with Crippen molar-refractivity contribution in [2.45, 2.75) is 12.6 Å². The fourth-order valence-electron chi connectivity index (χ4n) is 2.02. The number of carbonyl (C=O) groups excluding carboxylic acids is 1. The predicted octanol–water partition coefficient (Wildman–Crippen LogP) is 2.01. The van der Waals surface area contributed by atoms with Crippen LogP contribution in [0, 0.1) is 0 Å². The SMILES string of the molecule is COc1cccc(C(NCc2ccccc2)C(N)=O)c1. The molecule has 1 amide bonds. The highest BCUT2D eigenvalue weighted by molar-refractivity contribution is 5.81. The van der Waals surface area contributed by atoms with Crippen molar-refractivity contribution < 1.29 is 9.53 Å². The number of hydrogen-bond donors (Lipinski definition) is 2. The Morgan fingerprint density at radius 1 is 1.20 bits per heavy atom. The maximum Gasteiger partial charge on any atom is 0.239 e. The number of carbonyl (C=O) groups is 1. The molecule has 0 saturated heterocycles. The number of nitrogens with one attached hydrogen (secondary N) is 1. The molecule has 0 heterocycles. The highest BCUT2D eigenvalue weighted by Gasteiger charge is 2.17. The molecule has 0 aromatic heterocycles. The first kappa shape index (κ1) is 14.1. The summed E-state index contributed by atoms with van der Waals surface area (Å²) in [6, 6.07) is 16.7. The second-order valence-electron chi connectivity index (χ2n) is 4.48. The molecule has 2 aromatic carbocycles. The van der Waals surface area contributed by atoms with Crippen LogP contribution in [0.25, 0.3) is 0 Å². The molecule has 104 valence electrons. The Kier molecular flexibility index (Phi) is 4.74. The van der Waals surface area contributed by atoms with Crippen LogP contribution in [-0.4, -0.2) is 13.0 Å². The van der Waals surface area contributed by atoms with Gasteiger partial charge in [-0.15, -0.1) is 0 Å². The van der Waals surface area contributed by atoms with E-state index in [2.05, 4.69) is 5.32 Å². The molecule has 0 spiro atoms. The zero-order valence-electron chi connectivity index (χ0n) is 11.4. The molecule has 0 bridgehead atoms. The molecular formula is C16H18N2O2. The lowest BCUT2D eigenvalue weighted by atomic mass is 10.1. The van der Waals surface area contributed by atoms with Crippen LogP contribution in [0.3, 0.4) is 0 Å². The summed E-state index contributed by atoms with van der Waals surface area (Å²) in [5.74, 6) is 0.296. The van der Waals surface area contributed by atoms with Crippen molar-refractivity contribution in [3.8, 4) is 5.75 Å². The van der Waals surface area contributed by atoms with E-state index in [-0.39, 0.29) is 0 Å². The molecule has 2 aromatic rings. The first-order valence-corrected chi connectivity index (χ1v) is 6.41. The molecule has 0 saturated carbocycles. The van der Waals surface area contributed by atoms with Crippen LogP contribution >= 0.6 is 0 Å². The molecule has 20 heavy (non-hydrogen) atoms. The second-order valence-corrected chi connectivity index (χ2v) is 4.48. The summed E-state index contributed by atoms with van der Waals surface area (Å²) in [7, 11) is 1.59. The molecule has 0 aliphatic rings. The first-order chi connectivity index (χ1) is 9.70. The van der Waals surface area contributed by atoms with Gasteiger partial charge in [-0.25, -0.2) is 0 Å². The topological polar surface area (TPSA) is 64.3 Å². The van der Waals surface area contributed by atoms with Crippen LogP contribution in [0.15, 0.2) is 54.6 Å². The van der Waals surface area contributed by atoms with E-state index in [0.29, 0.717) is 12.3 Å². The molecule has 0 aliphatic carbocycles. The van der Waals surface area contributed by atoms with Crippen LogP contribution in [0.4, 0.5) is 0 Å². The van der Waals surface area contributed by atoms with Crippen molar-refractivity contribution in [3.63, 3.8) is 0 Å². The van der Waals surface area contributed by atoms with Crippen LogP contribution in [-0.2, 0) is 11.3 Å². The predicted molar refractivity (Wildman–Crippen MR) is 78.2 cm³/mol. The Labute approximate surface area is 118 Å². The minimum absolute atomic E-state index is 0.408. The van der Waals surface area contributed by atoms with E-state index in [0.717, 1.165) is 11.1 Å². The molecular weight excluding hydrogens is 252 g/mol. The van der Waals surface area contributed by atoms with Crippen LogP contribution in [0.1, 0.15) is 17.2 Å². The Hall–Kier alpha value is -2.33. The zero-order valence-corrected chi connectivity index (χ0v) is 11.4. The molecule has 1 unspecified atom stereocenters. The molecule has 3 N–H and O–H groups in total. The summed E-state index contributed by atoms with van der Waals surface area (Å²) in [6.07, 6.45) is 0. The normalized spacial score (nSPS) is 11.8. The number of primary amides is 1. The summed E-state index contributed by atoms with van der Waals surface area (Å²) in [4.78, 5) is 11.6. The summed E-state index contributed by atoms with van der Waals surface area (Å²) in [5.41, 5.74) is 7.38. The van der Waals surface area contributed by atoms with Crippen LogP contribution < -0.4 is 15.8 Å². The van der Waals surface area contributed by atoms with Gasteiger partial charge in [-0.3, -0.25) is 10.1 Å². The summed E-state index contributed by atoms with van der Waals surface area (Å²) >= 11 is 0. The molecule has 0 aliphatic heterocycles. The number of benzene rings is 2. The lowest BCUT2D eigenvalue weighted by Gasteiger charge is -2.16. The fourth-order valence-corrected chi connectivity index (χ4v) is 2.02. The Morgan fingerprint density at radius 3 is 2.60 bits per heavy atom. The van der Waals surface area contributed by atoms with Crippen molar-refractivity contribution in [1.29, 1.82) is 0 Å². The Morgan fingerprint density at radius 2 is 1.95 bits per heavy atom. The fraction of sp³-hybridized carbons (Fsp3) is 0.188. The van der Waals surface area contributed by atoms with Gasteiger partial charge in [0.05, 0.1) is 7.11 Å². The van der Waals surface area contributed by atoms with Crippen LogP contribution in [0.2, 0.25) is 0 Å². The summed E-state index contributed by atoms with van der Waals surface area (Å²) in [5, 5.41) is 3.17. The molecule has 0 radical (unpaired) electrons. The highest BCUT2D eigenvalue weighted by atomic mass is 16.5. The lowest BCUT2D eigenvalue weighted by molar-refractivity contribution is -0.120. The van der Waals surface area contributed by atoms with E-state index in [1.54, 1.807) is 7.11 Å². The van der Waals surface area contributed by atoms with Gasteiger partial charge in [0.15, 0.2) is 0 Å². The van der Waals surface area contributed by atoms with Gasteiger partial charge in [0.1, 0.15) is 11.8 Å². The van der Waals surface area contributed by atoms with Gasteiger partial charge in [0.25, 0.3) is 0 Å². The smallest absolute Gasteiger partial charge is 0.239 e.